The summed E-state index contributed by atoms with van der Waals surface area (Å²) in [6, 6.07) is 9.22. The normalized spacial score (nSPS) is 24.9. The predicted octanol–water partition coefficient (Wildman–Crippen LogP) is -0.175. The van der Waals surface area contributed by atoms with Gasteiger partial charge in [-0.3, -0.25) is 9.69 Å². The average molecular weight is 420 g/mol. The van der Waals surface area contributed by atoms with Crippen molar-refractivity contribution in [2.45, 2.75) is 43.8 Å². The first kappa shape index (κ1) is 19.9. The minimum absolute atomic E-state index is 0.0994. The lowest BCUT2D eigenvalue weighted by Crippen LogP contribution is -2.57. The summed E-state index contributed by atoms with van der Waals surface area (Å²) in [5, 5.41) is 14.8. The highest BCUT2D eigenvalue weighted by atomic mass is 32.2. The van der Waals surface area contributed by atoms with Gasteiger partial charge in [0, 0.05) is 12.6 Å². The van der Waals surface area contributed by atoms with Crippen molar-refractivity contribution in [2.75, 3.05) is 19.3 Å². The van der Waals surface area contributed by atoms with Gasteiger partial charge in [0.25, 0.3) is 0 Å². The molecule has 3 heterocycles. The molecular weight excluding hydrogens is 394 g/mol. The molecule has 0 unspecified atom stereocenters. The number of benzene rings is 1. The second-order valence-corrected chi connectivity index (χ2v) is 9.53. The number of hydrogen-bond acceptors (Lipinski definition) is 7. The topological polar surface area (TPSA) is 122 Å². The number of para-hydroxylation sites is 1. The van der Waals surface area contributed by atoms with Crippen molar-refractivity contribution in [1.29, 1.82) is 0 Å². The molecule has 2 fully saturated rings. The van der Waals surface area contributed by atoms with E-state index in [9.17, 15) is 13.2 Å². The van der Waals surface area contributed by atoms with Crippen molar-refractivity contribution in [3.8, 4) is 5.69 Å². The van der Waals surface area contributed by atoms with E-state index < -0.39 is 15.6 Å². The van der Waals surface area contributed by atoms with Crippen LogP contribution in [0.2, 0.25) is 0 Å². The van der Waals surface area contributed by atoms with E-state index in [2.05, 4.69) is 30.5 Å². The Morgan fingerprint density at radius 2 is 2.07 bits per heavy atom. The van der Waals surface area contributed by atoms with Crippen molar-refractivity contribution in [3.63, 3.8) is 0 Å². The molecule has 2 atom stereocenters. The van der Waals surface area contributed by atoms with Crippen LogP contribution in [0.25, 0.3) is 5.69 Å². The summed E-state index contributed by atoms with van der Waals surface area (Å²) in [7, 11) is -3.33. The van der Waals surface area contributed by atoms with Crippen molar-refractivity contribution >= 4 is 15.9 Å². The third kappa shape index (κ3) is 4.16. The van der Waals surface area contributed by atoms with E-state index in [1.54, 1.807) is 4.68 Å². The number of carbonyl (C=O) groups excluding carboxylic acids is 1. The Morgan fingerprint density at radius 3 is 2.83 bits per heavy atom. The monoisotopic (exact) mass is 419 g/mol. The van der Waals surface area contributed by atoms with Crippen molar-refractivity contribution < 1.29 is 13.2 Å². The molecule has 0 radical (unpaired) electrons. The molecule has 10 nitrogen and oxygen atoms in total. The van der Waals surface area contributed by atoms with Crippen molar-refractivity contribution in [1.82, 2.24) is 35.1 Å². The molecular formula is C18H25N7O3S. The Balaban J connectivity index is 1.48. The molecule has 29 heavy (non-hydrogen) atoms. The zero-order valence-corrected chi connectivity index (χ0v) is 17.1. The van der Waals surface area contributed by atoms with E-state index in [-0.39, 0.29) is 18.5 Å². The first-order chi connectivity index (χ1) is 13.9. The van der Waals surface area contributed by atoms with Gasteiger partial charge < -0.3 is 5.32 Å². The van der Waals surface area contributed by atoms with Crippen LogP contribution >= 0.6 is 0 Å². The van der Waals surface area contributed by atoms with Gasteiger partial charge in [-0.15, -0.1) is 5.10 Å². The maximum atomic E-state index is 13.2. The summed E-state index contributed by atoms with van der Waals surface area (Å²) in [6.07, 6.45) is 4.28. The molecule has 2 aliphatic heterocycles. The fourth-order valence-electron chi connectivity index (χ4n) is 4.47. The standard InChI is InChI=1S/C18H25N7O3S/c1-29(27,28)21-14-11-18(9-5-6-10-24(18)13-14)17(26)19-12-16-20-22-23-25(16)15-7-3-2-4-8-15/h2-4,7-8,14,21H,5-6,9-13H2,1H3,(H,19,26)/t14-,18-/m0/s1. The van der Waals surface area contributed by atoms with Crippen LogP contribution in [0, 0.1) is 0 Å². The number of amides is 1. The first-order valence-corrected chi connectivity index (χ1v) is 11.6. The van der Waals surface area contributed by atoms with Crippen LogP contribution in [0.1, 0.15) is 31.5 Å². The Bertz CT molecular complexity index is 978. The van der Waals surface area contributed by atoms with Crippen LogP contribution < -0.4 is 10.0 Å². The second kappa shape index (κ2) is 7.81. The summed E-state index contributed by atoms with van der Waals surface area (Å²) in [6.45, 7) is 1.53. The lowest BCUT2D eigenvalue weighted by Gasteiger charge is -2.40. The van der Waals surface area contributed by atoms with Crippen molar-refractivity contribution in [3.05, 3.63) is 36.2 Å². The number of rotatable bonds is 6. The van der Waals surface area contributed by atoms with Gasteiger partial charge >= 0.3 is 0 Å². The van der Waals surface area contributed by atoms with Gasteiger partial charge in [-0.25, -0.2) is 13.1 Å². The van der Waals surface area contributed by atoms with E-state index in [1.165, 1.54) is 0 Å². The molecule has 11 heteroatoms. The molecule has 0 bridgehead atoms. The third-order valence-electron chi connectivity index (χ3n) is 5.64. The van der Waals surface area contributed by atoms with Gasteiger partial charge in [0.1, 0.15) is 5.54 Å². The maximum Gasteiger partial charge on any atom is 0.240 e. The predicted molar refractivity (Wildman–Crippen MR) is 106 cm³/mol. The van der Waals surface area contributed by atoms with Gasteiger partial charge in [-0.1, -0.05) is 18.2 Å². The number of nitrogens with zero attached hydrogens (tertiary/aromatic N) is 5. The SMILES string of the molecule is CS(=O)(=O)N[C@@H]1CN2CCCC[C@@]2(C(=O)NCc2nnnn2-c2ccccc2)C1. The van der Waals surface area contributed by atoms with Crippen LogP contribution in [-0.2, 0) is 21.4 Å². The van der Waals surface area contributed by atoms with Crippen LogP contribution in [0.3, 0.4) is 0 Å². The Morgan fingerprint density at radius 1 is 1.28 bits per heavy atom. The summed E-state index contributed by atoms with van der Waals surface area (Å²) in [5.41, 5.74) is 0.128. The van der Waals surface area contributed by atoms with E-state index in [0.29, 0.717) is 25.2 Å². The zero-order chi connectivity index (χ0) is 20.5. The minimum Gasteiger partial charge on any atom is -0.347 e. The number of fused-ring (bicyclic) bond motifs is 1. The van der Waals surface area contributed by atoms with Crippen LogP contribution in [-0.4, -0.2) is 70.4 Å². The Kier molecular flexibility index (Phi) is 5.36. The number of piperidine rings is 1. The highest BCUT2D eigenvalue weighted by molar-refractivity contribution is 7.88. The van der Waals surface area contributed by atoms with E-state index in [1.807, 2.05) is 30.3 Å². The van der Waals surface area contributed by atoms with Crippen LogP contribution in [0.15, 0.2) is 30.3 Å². The maximum absolute atomic E-state index is 13.2. The van der Waals surface area contributed by atoms with E-state index >= 15 is 0 Å². The molecule has 4 rings (SSSR count). The first-order valence-electron chi connectivity index (χ1n) is 9.71. The molecule has 2 saturated heterocycles. The fourth-order valence-corrected chi connectivity index (χ4v) is 5.23. The number of carbonyl (C=O) groups is 1. The van der Waals surface area contributed by atoms with E-state index in [0.717, 1.165) is 31.3 Å². The van der Waals surface area contributed by atoms with Gasteiger partial charge in [0.15, 0.2) is 5.82 Å². The molecule has 0 spiro atoms. The van der Waals surface area contributed by atoms with E-state index in [4.69, 9.17) is 0 Å². The quantitative estimate of drug-likeness (QED) is 0.666. The summed E-state index contributed by atoms with van der Waals surface area (Å²) >= 11 is 0. The minimum atomic E-state index is -3.33. The number of nitrogens with one attached hydrogen (secondary N) is 2. The molecule has 0 aliphatic carbocycles. The molecule has 2 aromatic rings. The Labute approximate surface area is 169 Å². The van der Waals surface area contributed by atoms with Crippen LogP contribution in [0.5, 0.6) is 0 Å². The summed E-state index contributed by atoms with van der Waals surface area (Å²) in [4.78, 5) is 15.4. The molecule has 1 aromatic heterocycles. The largest absolute Gasteiger partial charge is 0.347 e. The third-order valence-corrected chi connectivity index (χ3v) is 6.41. The van der Waals surface area contributed by atoms with Gasteiger partial charge in [-0.2, -0.15) is 4.68 Å². The Hall–Kier alpha value is -2.37. The molecule has 1 amide bonds. The van der Waals surface area contributed by atoms with Gasteiger partial charge in [0.05, 0.1) is 18.5 Å². The molecule has 2 N–H and O–H groups in total. The van der Waals surface area contributed by atoms with Crippen molar-refractivity contribution in [2.24, 2.45) is 0 Å². The zero-order valence-electron chi connectivity index (χ0n) is 16.3. The number of sulfonamides is 1. The smallest absolute Gasteiger partial charge is 0.240 e. The lowest BCUT2D eigenvalue weighted by atomic mass is 9.85. The highest BCUT2D eigenvalue weighted by Crippen LogP contribution is 2.38. The number of aromatic nitrogens is 4. The summed E-state index contributed by atoms with van der Waals surface area (Å²) < 4.78 is 27.6. The lowest BCUT2D eigenvalue weighted by molar-refractivity contribution is -0.134. The highest BCUT2D eigenvalue weighted by Gasteiger charge is 2.52. The summed E-state index contributed by atoms with van der Waals surface area (Å²) in [5.74, 6) is 0.435. The van der Waals surface area contributed by atoms with Gasteiger partial charge in [0.2, 0.25) is 15.9 Å². The second-order valence-electron chi connectivity index (χ2n) is 7.75. The van der Waals surface area contributed by atoms with Crippen LogP contribution in [0.4, 0.5) is 0 Å². The fraction of sp³-hybridized carbons (Fsp3) is 0.556. The molecule has 2 aliphatic rings. The number of tetrazole rings is 1. The number of hydrogen-bond donors (Lipinski definition) is 2. The van der Waals surface area contributed by atoms with Gasteiger partial charge in [-0.05, 0) is 54.8 Å². The molecule has 1 aromatic carbocycles. The molecule has 0 saturated carbocycles. The average Bonchev–Trinajstić information content (AvgIpc) is 3.29. The molecule has 156 valence electrons.